The summed E-state index contributed by atoms with van der Waals surface area (Å²) in [6.45, 7) is 5.20. The van der Waals surface area contributed by atoms with Gasteiger partial charge in [-0.3, -0.25) is 0 Å². The maximum absolute atomic E-state index is 3.58. The molecule has 0 saturated heterocycles. The van der Waals surface area contributed by atoms with Crippen molar-refractivity contribution < 1.29 is 0 Å². The minimum absolute atomic E-state index is 0.873. The van der Waals surface area contributed by atoms with Gasteiger partial charge < -0.3 is 5.32 Å². The quantitative estimate of drug-likeness (QED) is 0.527. The summed E-state index contributed by atoms with van der Waals surface area (Å²) in [4.78, 5) is 0. The number of fused-ring (bicyclic) bond motifs is 3. The highest BCUT2D eigenvalue weighted by molar-refractivity contribution is 5.78. The van der Waals surface area contributed by atoms with E-state index in [4.69, 9.17) is 0 Å². The van der Waals surface area contributed by atoms with E-state index in [2.05, 4.69) is 79.8 Å². The van der Waals surface area contributed by atoms with Crippen molar-refractivity contribution in [3.05, 3.63) is 88.5 Å². The summed E-state index contributed by atoms with van der Waals surface area (Å²) < 4.78 is 0. The minimum Gasteiger partial charge on any atom is -0.381 e. The molecule has 0 atom stereocenters. The molecule has 3 aromatic rings. The first kappa shape index (κ1) is 14.1. The molecule has 114 valence electrons. The second-order valence-corrected chi connectivity index (χ2v) is 6.49. The van der Waals surface area contributed by atoms with Gasteiger partial charge in [0.1, 0.15) is 0 Å². The van der Waals surface area contributed by atoms with E-state index in [1.807, 2.05) is 0 Å². The van der Waals surface area contributed by atoms with Crippen LogP contribution in [0.5, 0.6) is 0 Å². The molecule has 0 saturated carbocycles. The fourth-order valence-corrected chi connectivity index (χ4v) is 3.50. The normalized spacial score (nSPS) is 11.9. The van der Waals surface area contributed by atoms with Gasteiger partial charge in [0.15, 0.2) is 0 Å². The lowest BCUT2D eigenvalue weighted by molar-refractivity contribution is 1.11. The number of hydrogen-bond acceptors (Lipinski definition) is 1. The van der Waals surface area contributed by atoms with Gasteiger partial charge in [-0.1, -0.05) is 54.1 Å². The van der Waals surface area contributed by atoms with Crippen molar-refractivity contribution in [3.63, 3.8) is 0 Å². The first-order valence-corrected chi connectivity index (χ1v) is 8.22. The molecule has 1 heteroatoms. The minimum atomic E-state index is 0.873. The Kier molecular flexibility index (Phi) is 3.42. The van der Waals surface area contributed by atoms with E-state index in [0.717, 1.165) is 13.0 Å². The highest BCUT2D eigenvalue weighted by Gasteiger charge is 2.17. The maximum Gasteiger partial charge on any atom is 0.0403 e. The Bertz CT molecular complexity index is 877. The van der Waals surface area contributed by atoms with Crippen LogP contribution in [0.2, 0.25) is 0 Å². The summed E-state index contributed by atoms with van der Waals surface area (Å²) in [5.41, 5.74) is 10.9. The first-order chi connectivity index (χ1) is 11.2. The molecular weight excluding hydrogens is 278 g/mol. The van der Waals surface area contributed by atoms with E-state index in [1.165, 1.54) is 44.6 Å². The monoisotopic (exact) mass is 299 g/mol. The van der Waals surface area contributed by atoms with Crippen molar-refractivity contribution >= 4 is 5.69 Å². The standard InChI is InChI=1S/C22H21N/c1-15-7-8-18(16(2)11-15)14-23-20-9-10-22-19(13-20)12-17-5-3-4-6-21(17)22/h3-11,13,23H,12,14H2,1-2H3. The summed E-state index contributed by atoms with van der Waals surface area (Å²) in [6, 6.07) is 22.1. The molecule has 1 aliphatic carbocycles. The Morgan fingerprint density at radius 1 is 0.826 bits per heavy atom. The Labute approximate surface area is 138 Å². The summed E-state index contributed by atoms with van der Waals surface area (Å²) >= 11 is 0. The molecule has 23 heavy (non-hydrogen) atoms. The van der Waals surface area contributed by atoms with E-state index in [0.29, 0.717) is 0 Å². The SMILES string of the molecule is Cc1ccc(CNc2ccc3c(c2)Cc2ccccc2-3)c(C)c1. The molecule has 0 amide bonds. The Balaban J connectivity index is 1.55. The zero-order chi connectivity index (χ0) is 15.8. The van der Waals surface area contributed by atoms with Gasteiger partial charge in [-0.05, 0) is 65.8 Å². The third kappa shape index (κ3) is 2.63. The van der Waals surface area contributed by atoms with E-state index < -0.39 is 0 Å². The molecule has 0 bridgehead atoms. The number of benzene rings is 3. The van der Waals surface area contributed by atoms with Crippen molar-refractivity contribution in [1.82, 2.24) is 0 Å². The molecule has 1 nitrogen and oxygen atoms in total. The third-order valence-corrected chi connectivity index (χ3v) is 4.77. The molecular formula is C22H21N. The van der Waals surface area contributed by atoms with Gasteiger partial charge in [0.25, 0.3) is 0 Å². The number of anilines is 1. The molecule has 0 fully saturated rings. The Morgan fingerprint density at radius 2 is 1.65 bits per heavy atom. The lowest BCUT2D eigenvalue weighted by Gasteiger charge is -2.11. The summed E-state index contributed by atoms with van der Waals surface area (Å²) in [5.74, 6) is 0. The van der Waals surface area contributed by atoms with E-state index >= 15 is 0 Å². The third-order valence-electron chi connectivity index (χ3n) is 4.77. The molecule has 0 radical (unpaired) electrons. The fourth-order valence-electron chi connectivity index (χ4n) is 3.50. The van der Waals surface area contributed by atoms with Gasteiger partial charge in [-0.2, -0.15) is 0 Å². The molecule has 0 unspecified atom stereocenters. The number of rotatable bonds is 3. The van der Waals surface area contributed by atoms with E-state index in [-0.39, 0.29) is 0 Å². The van der Waals surface area contributed by atoms with Gasteiger partial charge in [-0.15, -0.1) is 0 Å². The lowest BCUT2D eigenvalue weighted by atomic mass is 10.0. The van der Waals surface area contributed by atoms with Crippen molar-refractivity contribution in [1.29, 1.82) is 0 Å². The largest absolute Gasteiger partial charge is 0.381 e. The van der Waals surface area contributed by atoms with Crippen LogP contribution in [0.15, 0.2) is 60.7 Å². The van der Waals surface area contributed by atoms with Crippen LogP contribution in [0, 0.1) is 13.8 Å². The number of nitrogens with one attached hydrogen (secondary N) is 1. The lowest BCUT2D eigenvalue weighted by Crippen LogP contribution is -2.02. The van der Waals surface area contributed by atoms with Crippen LogP contribution in [0.25, 0.3) is 11.1 Å². The topological polar surface area (TPSA) is 12.0 Å². The van der Waals surface area contributed by atoms with Crippen LogP contribution < -0.4 is 5.32 Å². The average Bonchev–Trinajstić information content (AvgIpc) is 2.91. The first-order valence-electron chi connectivity index (χ1n) is 8.22. The van der Waals surface area contributed by atoms with Gasteiger partial charge in [0, 0.05) is 12.2 Å². The number of aryl methyl sites for hydroxylation is 2. The second kappa shape index (κ2) is 5.58. The van der Waals surface area contributed by atoms with Crippen LogP contribution in [0.4, 0.5) is 5.69 Å². The summed E-state index contributed by atoms with van der Waals surface area (Å²) in [7, 11) is 0. The van der Waals surface area contributed by atoms with Crippen molar-refractivity contribution in [3.8, 4) is 11.1 Å². The van der Waals surface area contributed by atoms with Gasteiger partial charge in [0.05, 0.1) is 0 Å². The predicted molar refractivity (Wildman–Crippen MR) is 97.9 cm³/mol. The molecule has 1 N–H and O–H groups in total. The Morgan fingerprint density at radius 3 is 2.52 bits per heavy atom. The van der Waals surface area contributed by atoms with Gasteiger partial charge in [0.2, 0.25) is 0 Å². The van der Waals surface area contributed by atoms with Crippen LogP contribution in [-0.2, 0) is 13.0 Å². The van der Waals surface area contributed by atoms with Crippen molar-refractivity contribution in [2.45, 2.75) is 26.8 Å². The average molecular weight is 299 g/mol. The highest BCUT2D eigenvalue weighted by atomic mass is 14.9. The van der Waals surface area contributed by atoms with E-state index in [9.17, 15) is 0 Å². The maximum atomic E-state index is 3.58. The molecule has 0 heterocycles. The number of hydrogen-bond donors (Lipinski definition) is 1. The zero-order valence-corrected chi connectivity index (χ0v) is 13.7. The van der Waals surface area contributed by atoms with Crippen LogP contribution in [-0.4, -0.2) is 0 Å². The fraction of sp³-hybridized carbons (Fsp3) is 0.182. The van der Waals surface area contributed by atoms with E-state index in [1.54, 1.807) is 0 Å². The molecule has 1 aliphatic rings. The Hall–Kier alpha value is -2.54. The molecule has 3 aromatic carbocycles. The molecule has 0 aromatic heterocycles. The predicted octanol–water partition coefficient (Wildman–Crippen LogP) is 5.49. The van der Waals surface area contributed by atoms with Gasteiger partial charge in [-0.25, -0.2) is 0 Å². The smallest absolute Gasteiger partial charge is 0.0403 e. The highest BCUT2D eigenvalue weighted by Crippen LogP contribution is 2.37. The zero-order valence-electron chi connectivity index (χ0n) is 13.7. The second-order valence-electron chi connectivity index (χ2n) is 6.49. The van der Waals surface area contributed by atoms with Crippen LogP contribution >= 0.6 is 0 Å². The summed E-state index contributed by atoms with van der Waals surface area (Å²) in [5, 5.41) is 3.58. The molecule has 0 spiro atoms. The van der Waals surface area contributed by atoms with Crippen molar-refractivity contribution in [2.75, 3.05) is 5.32 Å². The van der Waals surface area contributed by atoms with Crippen LogP contribution in [0.3, 0.4) is 0 Å². The molecule has 0 aliphatic heterocycles. The molecule has 4 rings (SSSR count). The summed E-state index contributed by atoms with van der Waals surface area (Å²) in [6.07, 6.45) is 1.05. The van der Waals surface area contributed by atoms with Gasteiger partial charge >= 0.3 is 0 Å². The van der Waals surface area contributed by atoms with Crippen LogP contribution in [0.1, 0.15) is 27.8 Å². The van der Waals surface area contributed by atoms with Crippen molar-refractivity contribution in [2.24, 2.45) is 0 Å².